The van der Waals surface area contributed by atoms with Crippen molar-refractivity contribution in [3.8, 4) is 0 Å². The van der Waals surface area contributed by atoms with Crippen molar-refractivity contribution >= 4 is 50.1 Å². The number of para-hydroxylation sites is 1. The summed E-state index contributed by atoms with van der Waals surface area (Å²) < 4.78 is 0.884. The third-order valence-electron chi connectivity index (χ3n) is 4.06. The Morgan fingerprint density at radius 1 is 1.17 bits per heavy atom. The number of rotatable bonds is 1. The second-order valence-corrected chi connectivity index (χ2v) is 6.47. The summed E-state index contributed by atoms with van der Waals surface area (Å²) >= 11 is 3.43. The number of carbonyl (C=O) groups excluding carboxylic acids is 1. The molecule has 5 nitrogen and oxygen atoms in total. The maximum Gasteiger partial charge on any atom is 0.259 e. The van der Waals surface area contributed by atoms with Crippen LogP contribution in [0.25, 0.3) is 22.6 Å². The van der Waals surface area contributed by atoms with Gasteiger partial charge in [0.2, 0.25) is 0 Å². The summed E-state index contributed by atoms with van der Waals surface area (Å²) in [4.78, 5) is 33.5. The first-order chi connectivity index (χ1) is 11.5. The first-order valence-corrected chi connectivity index (χ1v) is 8.12. The summed E-state index contributed by atoms with van der Waals surface area (Å²) in [6, 6.07) is 12.8. The number of H-pyrrole nitrogens is 1. The lowest BCUT2D eigenvalue weighted by atomic mass is 10.1. The van der Waals surface area contributed by atoms with Crippen molar-refractivity contribution in [3.05, 3.63) is 68.7 Å². The first-order valence-electron chi connectivity index (χ1n) is 7.33. The van der Waals surface area contributed by atoms with E-state index in [1.54, 1.807) is 36.2 Å². The van der Waals surface area contributed by atoms with Crippen LogP contribution in [0.5, 0.6) is 0 Å². The predicted octanol–water partition coefficient (Wildman–Crippen LogP) is 3.20. The van der Waals surface area contributed by atoms with E-state index in [0.29, 0.717) is 22.3 Å². The number of anilines is 1. The highest BCUT2D eigenvalue weighted by Crippen LogP contribution is 2.38. The molecular formula is C18H12BrN3O2. The molecule has 0 unspecified atom stereocenters. The lowest BCUT2D eigenvalue weighted by Gasteiger charge is -2.08. The largest absolute Gasteiger partial charge is 0.311 e. The number of nitrogens with zero attached hydrogens (tertiary/aromatic N) is 2. The van der Waals surface area contributed by atoms with E-state index in [1.165, 1.54) is 0 Å². The molecule has 1 amide bonds. The highest BCUT2D eigenvalue weighted by atomic mass is 79.9. The molecule has 6 heteroatoms. The molecule has 1 aliphatic rings. The van der Waals surface area contributed by atoms with Crippen molar-refractivity contribution in [2.24, 2.45) is 0 Å². The number of benzene rings is 2. The summed E-state index contributed by atoms with van der Waals surface area (Å²) in [7, 11) is 1.73. The molecule has 0 atom stereocenters. The van der Waals surface area contributed by atoms with Gasteiger partial charge in [0, 0.05) is 17.1 Å². The Bertz CT molecular complexity index is 1090. The molecule has 1 aromatic heterocycles. The van der Waals surface area contributed by atoms with Crippen LogP contribution in [0.2, 0.25) is 0 Å². The fourth-order valence-corrected chi connectivity index (χ4v) is 3.23. The van der Waals surface area contributed by atoms with Gasteiger partial charge in [-0.1, -0.05) is 28.1 Å². The van der Waals surface area contributed by atoms with Crippen LogP contribution < -0.4 is 10.5 Å². The minimum Gasteiger partial charge on any atom is -0.311 e. The van der Waals surface area contributed by atoms with Crippen molar-refractivity contribution in [2.45, 2.75) is 0 Å². The van der Waals surface area contributed by atoms with Crippen molar-refractivity contribution < 1.29 is 4.79 Å². The normalized spacial score (nSPS) is 15.3. The lowest BCUT2D eigenvalue weighted by Crippen LogP contribution is -2.20. The van der Waals surface area contributed by atoms with Gasteiger partial charge in [0.25, 0.3) is 11.5 Å². The molecule has 0 saturated heterocycles. The predicted molar refractivity (Wildman–Crippen MR) is 97.8 cm³/mol. The SMILES string of the molecule is CN1C(=O)/C(=C\c2nc3ccccc3c(=O)[nH]2)c2cc(Br)ccc21. The topological polar surface area (TPSA) is 66.1 Å². The molecular weight excluding hydrogens is 370 g/mol. The average Bonchev–Trinajstić information content (AvgIpc) is 2.79. The van der Waals surface area contributed by atoms with Gasteiger partial charge in [-0.05, 0) is 36.4 Å². The van der Waals surface area contributed by atoms with E-state index in [1.807, 2.05) is 24.3 Å². The number of fused-ring (bicyclic) bond motifs is 2. The van der Waals surface area contributed by atoms with Crippen LogP contribution in [0.4, 0.5) is 5.69 Å². The van der Waals surface area contributed by atoms with Crippen LogP contribution in [-0.4, -0.2) is 22.9 Å². The molecule has 118 valence electrons. The van der Waals surface area contributed by atoms with E-state index < -0.39 is 0 Å². The lowest BCUT2D eigenvalue weighted by molar-refractivity contribution is -0.112. The van der Waals surface area contributed by atoms with Crippen molar-refractivity contribution in [1.82, 2.24) is 9.97 Å². The van der Waals surface area contributed by atoms with Gasteiger partial charge in [-0.15, -0.1) is 0 Å². The van der Waals surface area contributed by atoms with Gasteiger partial charge in [0.15, 0.2) is 0 Å². The van der Waals surface area contributed by atoms with Crippen LogP contribution in [0.3, 0.4) is 0 Å². The number of likely N-dealkylation sites (N-methyl/N-ethyl adjacent to an activating group) is 1. The van der Waals surface area contributed by atoms with E-state index in [9.17, 15) is 9.59 Å². The number of amides is 1. The zero-order valence-corrected chi connectivity index (χ0v) is 14.3. The number of hydrogen-bond donors (Lipinski definition) is 1. The molecule has 0 spiro atoms. The number of carbonyl (C=O) groups is 1. The minimum atomic E-state index is -0.222. The third-order valence-corrected chi connectivity index (χ3v) is 4.55. The molecule has 0 bridgehead atoms. The van der Waals surface area contributed by atoms with E-state index in [2.05, 4.69) is 25.9 Å². The van der Waals surface area contributed by atoms with Gasteiger partial charge in [0.1, 0.15) is 5.82 Å². The summed E-state index contributed by atoms with van der Waals surface area (Å²) in [5.74, 6) is 0.238. The van der Waals surface area contributed by atoms with E-state index in [0.717, 1.165) is 15.7 Å². The minimum absolute atomic E-state index is 0.126. The fraction of sp³-hybridized carbons (Fsp3) is 0.0556. The Hall–Kier alpha value is -2.73. The molecule has 24 heavy (non-hydrogen) atoms. The molecule has 2 heterocycles. The molecule has 0 fully saturated rings. The van der Waals surface area contributed by atoms with Crippen molar-refractivity contribution in [1.29, 1.82) is 0 Å². The number of aromatic nitrogens is 2. The Balaban J connectivity index is 1.92. The van der Waals surface area contributed by atoms with Crippen LogP contribution in [0, 0.1) is 0 Å². The van der Waals surface area contributed by atoms with Gasteiger partial charge < -0.3 is 9.88 Å². The highest BCUT2D eigenvalue weighted by Gasteiger charge is 2.29. The van der Waals surface area contributed by atoms with Crippen LogP contribution >= 0.6 is 15.9 Å². The van der Waals surface area contributed by atoms with Gasteiger partial charge in [-0.2, -0.15) is 0 Å². The van der Waals surface area contributed by atoms with Crippen LogP contribution in [-0.2, 0) is 4.79 Å². The maximum atomic E-state index is 12.5. The summed E-state index contributed by atoms with van der Waals surface area (Å²) in [5, 5.41) is 0.526. The highest BCUT2D eigenvalue weighted by molar-refractivity contribution is 9.10. The number of halogens is 1. The summed E-state index contributed by atoms with van der Waals surface area (Å²) in [6.45, 7) is 0. The quantitative estimate of drug-likeness (QED) is 0.658. The van der Waals surface area contributed by atoms with Crippen LogP contribution in [0.1, 0.15) is 11.4 Å². The Morgan fingerprint density at radius 2 is 1.96 bits per heavy atom. The van der Waals surface area contributed by atoms with E-state index >= 15 is 0 Å². The fourth-order valence-electron chi connectivity index (χ4n) is 2.87. The van der Waals surface area contributed by atoms with Crippen molar-refractivity contribution in [2.75, 3.05) is 11.9 Å². The molecule has 0 radical (unpaired) electrons. The molecule has 0 aliphatic carbocycles. The second-order valence-electron chi connectivity index (χ2n) is 5.55. The Labute approximate surface area is 145 Å². The van der Waals surface area contributed by atoms with Gasteiger partial charge >= 0.3 is 0 Å². The smallest absolute Gasteiger partial charge is 0.259 e. The van der Waals surface area contributed by atoms with Crippen LogP contribution in [0.15, 0.2) is 51.7 Å². The number of hydrogen-bond acceptors (Lipinski definition) is 3. The zero-order chi connectivity index (χ0) is 16.8. The Morgan fingerprint density at radius 3 is 2.79 bits per heavy atom. The zero-order valence-electron chi connectivity index (χ0n) is 12.7. The van der Waals surface area contributed by atoms with Crippen molar-refractivity contribution in [3.63, 3.8) is 0 Å². The maximum absolute atomic E-state index is 12.5. The van der Waals surface area contributed by atoms with Gasteiger partial charge in [0.05, 0.1) is 22.2 Å². The molecule has 1 N–H and O–H groups in total. The standard InChI is InChI=1S/C18H12BrN3O2/c1-22-15-7-6-10(19)8-12(15)13(18(22)24)9-16-20-14-5-3-2-4-11(14)17(23)21-16/h2-9H,1H3,(H,20,21,23)/b13-9-. The van der Waals surface area contributed by atoms with Gasteiger partial charge in [-0.3, -0.25) is 9.59 Å². The monoisotopic (exact) mass is 381 g/mol. The van der Waals surface area contributed by atoms with E-state index in [4.69, 9.17) is 0 Å². The molecule has 1 aliphatic heterocycles. The number of aromatic amines is 1. The summed E-state index contributed by atoms with van der Waals surface area (Å²) in [6.07, 6.45) is 1.63. The molecule has 0 saturated carbocycles. The van der Waals surface area contributed by atoms with E-state index in [-0.39, 0.29) is 11.5 Å². The summed E-state index contributed by atoms with van der Waals surface area (Å²) in [5.41, 5.74) is 2.53. The molecule has 3 aromatic rings. The molecule has 2 aromatic carbocycles. The third kappa shape index (κ3) is 2.27. The Kier molecular flexibility index (Phi) is 3.35. The molecule has 4 rings (SSSR count). The van der Waals surface area contributed by atoms with Gasteiger partial charge in [-0.25, -0.2) is 4.98 Å². The number of nitrogens with one attached hydrogen (secondary N) is 1. The second kappa shape index (κ2) is 5.42. The average molecular weight is 382 g/mol. The first kappa shape index (κ1) is 14.8.